The van der Waals surface area contributed by atoms with Crippen LogP contribution in [0.2, 0.25) is 5.02 Å². The molecule has 0 saturated carbocycles. The van der Waals surface area contributed by atoms with Crippen LogP contribution in [0.4, 0.5) is 5.69 Å². The zero-order valence-corrected chi connectivity index (χ0v) is 14.3. The summed E-state index contributed by atoms with van der Waals surface area (Å²) in [5.74, 6) is 1.32. The lowest BCUT2D eigenvalue weighted by Crippen LogP contribution is -2.21. The van der Waals surface area contributed by atoms with Crippen LogP contribution in [0, 0.1) is 13.8 Å². The van der Waals surface area contributed by atoms with Crippen molar-refractivity contribution in [3.05, 3.63) is 88.3 Å². The first-order valence-electron chi connectivity index (χ1n) is 7.73. The van der Waals surface area contributed by atoms with Gasteiger partial charge in [-0.2, -0.15) is 0 Å². The molecule has 3 nitrogen and oxygen atoms in total. The Balaban J connectivity index is 1.98. The molecule has 0 saturated heterocycles. The third kappa shape index (κ3) is 3.52. The minimum Gasteiger partial charge on any atom is -0.464 e. The molecule has 24 heavy (non-hydrogen) atoms. The molecule has 0 aliphatic rings. The summed E-state index contributed by atoms with van der Waals surface area (Å²) in [5, 5.41) is 3.97. The lowest BCUT2D eigenvalue weighted by atomic mass is 10.0. The zero-order chi connectivity index (χ0) is 17.1. The van der Waals surface area contributed by atoms with E-state index < -0.39 is 6.04 Å². The predicted molar refractivity (Wildman–Crippen MR) is 96.8 cm³/mol. The molecule has 0 amide bonds. The Morgan fingerprint density at radius 2 is 1.79 bits per heavy atom. The molecule has 1 aromatic heterocycles. The van der Waals surface area contributed by atoms with E-state index in [2.05, 4.69) is 5.32 Å². The molecule has 0 radical (unpaired) electrons. The van der Waals surface area contributed by atoms with Crippen LogP contribution in [0.25, 0.3) is 0 Å². The number of halogens is 1. The first-order chi connectivity index (χ1) is 11.5. The smallest absolute Gasteiger partial charge is 0.192 e. The number of carbonyl (C=O) groups excluding carboxylic acids is 1. The fourth-order valence-corrected chi connectivity index (χ4v) is 2.81. The fourth-order valence-electron chi connectivity index (χ4n) is 2.59. The molecule has 2 aromatic carbocycles. The number of nitrogens with one attached hydrogen (secondary N) is 1. The van der Waals surface area contributed by atoms with Crippen molar-refractivity contribution in [2.45, 2.75) is 19.9 Å². The molecule has 0 aliphatic heterocycles. The molecule has 1 atom stereocenters. The van der Waals surface area contributed by atoms with Crippen LogP contribution in [0.1, 0.15) is 33.5 Å². The second-order valence-electron chi connectivity index (χ2n) is 5.72. The second kappa shape index (κ2) is 6.93. The fraction of sp³-hybridized carbons (Fsp3) is 0.150. The van der Waals surface area contributed by atoms with Gasteiger partial charge in [0.1, 0.15) is 17.6 Å². The summed E-state index contributed by atoms with van der Waals surface area (Å²) in [6.45, 7) is 3.81. The van der Waals surface area contributed by atoms with Gasteiger partial charge in [-0.1, -0.05) is 41.9 Å². The molecule has 4 heteroatoms. The normalized spacial score (nSPS) is 12.0. The Morgan fingerprint density at radius 3 is 2.42 bits per heavy atom. The van der Waals surface area contributed by atoms with Gasteiger partial charge in [-0.15, -0.1) is 0 Å². The van der Waals surface area contributed by atoms with Crippen molar-refractivity contribution in [2.75, 3.05) is 5.32 Å². The number of rotatable bonds is 5. The Kier molecular flexibility index (Phi) is 4.72. The Labute approximate surface area is 146 Å². The van der Waals surface area contributed by atoms with Gasteiger partial charge in [0.25, 0.3) is 0 Å². The monoisotopic (exact) mass is 339 g/mol. The number of Topliss-reactive ketones (excluding diaryl/α,β-unsaturated/α-hetero) is 1. The molecule has 3 aromatic rings. The highest BCUT2D eigenvalue weighted by atomic mass is 35.5. The van der Waals surface area contributed by atoms with Gasteiger partial charge in [-0.05, 0) is 49.7 Å². The minimum atomic E-state index is -0.596. The molecule has 0 fully saturated rings. The third-order valence-electron chi connectivity index (χ3n) is 3.85. The van der Waals surface area contributed by atoms with Gasteiger partial charge in [0.15, 0.2) is 5.78 Å². The van der Waals surface area contributed by atoms with Crippen LogP contribution < -0.4 is 5.32 Å². The Hall–Kier alpha value is -2.52. The van der Waals surface area contributed by atoms with E-state index in [1.54, 1.807) is 6.07 Å². The van der Waals surface area contributed by atoms with Crippen LogP contribution in [0.5, 0.6) is 0 Å². The minimum absolute atomic E-state index is 0.0423. The van der Waals surface area contributed by atoms with Crippen molar-refractivity contribution < 1.29 is 9.21 Å². The van der Waals surface area contributed by atoms with Crippen LogP contribution in [0.3, 0.4) is 0 Å². The number of hydrogen-bond donors (Lipinski definition) is 1. The number of aryl methyl sites for hydroxylation is 2. The number of ketones is 1. The van der Waals surface area contributed by atoms with Crippen molar-refractivity contribution in [1.82, 2.24) is 0 Å². The topological polar surface area (TPSA) is 42.2 Å². The van der Waals surface area contributed by atoms with Crippen LogP contribution in [-0.2, 0) is 0 Å². The summed E-state index contributed by atoms with van der Waals surface area (Å²) < 4.78 is 5.71. The van der Waals surface area contributed by atoms with Gasteiger partial charge in [-0.3, -0.25) is 4.79 Å². The van der Waals surface area contributed by atoms with Crippen molar-refractivity contribution in [3.8, 4) is 0 Å². The van der Waals surface area contributed by atoms with E-state index in [0.717, 1.165) is 17.0 Å². The molecule has 1 N–H and O–H groups in total. The molecule has 122 valence electrons. The zero-order valence-electron chi connectivity index (χ0n) is 13.5. The lowest BCUT2D eigenvalue weighted by molar-refractivity contribution is 0.0961. The third-order valence-corrected chi connectivity index (χ3v) is 4.09. The van der Waals surface area contributed by atoms with E-state index in [1.807, 2.05) is 68.4 Å². The highest BCUT2D eigenvalue weighted by molar-refractivity contribution is 6.30. The van der Waals surface area contributed by atoms with Gasteiger partial charge in [0.05, 0.1) is 0 Å². The maximum Gasteiger partial charge on any atom is 0.192 e. The molecular weight excluding hydrogens is 322 g/mol. The lowest BCUT2D eigenvalue weighted by Gasteiger charge is -2.19. The highest BCUT2D eigenvalue weighted by Gasteiger charge is 2.25. The van der Waals surface area contributed by atoms with E-state index in [1.165, 1.54) is 0 Å². The first kappa shape index (κ1) is 16.3. The summed E-state index contributed by atoms with van der Waals surface area (Å²) in [6, 6.07) is 17.8. The van der Waals surface area contributed by atoms with Gasteiger partial charge >= 0.3 is 0 Å². The van der Waals surface area contributed by atoms with Crippen LogP contribution in [-0.4, -0.2) is 5.78 Å². The second-order valence-corrected chi connectivity index (χ2v) is 6.15. The van der Waals surface area contributed by atoms with E-state index in [-0.39, 0.29) is 5.78 Å². The number of carbonyl (C=O) groups is 1. The summed E-state index contributed by atoms with van der Waals surface area (Å²) in [7, 11) is 0. The van der Waals surface area contributed by atoms with E-state index in [0.29, 0.717) is 16.3 Å². The van der Waals surface area contributed by atoms with Gasteiger partial charge < -0.3 is 9.73 Å². The van der Waals surface area contributed by atoms with E-state index in [4.69, 9.17) is 16.0 Å². The Morgan fingerprint density at radius 1 is 1.04 bits per heavy atom. The molecule has 0 aliphatic carbocycles. The molecular formula is C20H18ClNO2. The molecule has 0 bridgehead atoms. The number of anilines is 1. The van der Waals surface area contributed by atoms with Crippen molar-refractivity contribution in [3.63, 3.8) is 0 Å². The molecule has 0 spiro atoms. The summed E-state index contributed by atoms with van der Waals surface area (Å²) in [6.07, 6.45) is 0. The number of furan rings is 1. The van der Waals surface area contributed by atoms with Crippen LogP contribution >= 0.6 is 11.6 Å². The summed E-state index contributed by atoms with van der Waals surface area (Å²) in [5.41, 5.74) is 2.45. The number of benzene rings is 2. The first-order valence-corrected chi connectivity index (χ1v) is 8.10. The average molecular weight is 340 g/mol. The average Bonchev–Trinajstić information content (AvgIpc) is 3.00. The molecule has 1 unspecified atom stereocenters. The van der Waals surface area contributed by atoms with Crippen LogP contribution in [0.15, 0.2) is 65.1 Å². The van der Waals surface area contributed by atoms with E-state index in [9.17, 15) is 4.79 Å². The number of hydrogen-bond acceptors (Lipinski definition) is 3. The Bertz CT molecular complexity index is 855. The quantitative estimate of drug-likeness (QED) is 0.616. The SMILES string of the molecule is Cc1ccc(C(Nc2ccc(Cl)cc2C)C(=O)c2ccccc2)o1. The van der Waals surface area contributed by atoms with Gasteiger partial charge in [0.2, 0.25) is 0 Å². The van der Waals surface area contributed by atoms with Gasteiger partial charge in [-0.25, -0.2) is 0 Å². The standard InChI is InChI=1S/C20H18ClNO2/c1-13-12-16(21)9-10-17(13)22-19(18-11-8-14(2)24-18)20(23)15-6-4-3-5-7-15/h3-12,19,22H,1-2H3. The van der Waals surface area contributed by atoms with Crippen molar-refractivity contribution >= 4 is 23.1 Å². The molecule has 3 rings (SSSR count). The van der Waals surface area contributed by atoms with Crippen molar-refractivity contribution in [2.24, 2.45) is 0 Å². The van der Waals surface area contributed by atoms with Crippen molar-refractivity contribution in [1.29, 1.82) is 0 Å². The maximum absolute atomic E-state index is 13.0. The maximum atomic E-state index is 13.0. The summed E-state index contributed by atoms with van der Waals surface area (Å²) in [4.78, 5) is 13.0. The van der Waals surface area contributed by atoms with E-state index >= 15 is 0 Å². The largest absolute Gasteiger partial charge is 0.464 e. The van der Waals surface area contributed by atoms with Gasteiger partial charge in [0, 0.05) is 16.3 Å². The molecule has 1 heterocycles. The predicted octanol–water partition coefficient (Wildman–Crippen LogP) is 5.59. The summed E-state index contributed by atoms with van der Waals surface area (Å²) >= 11 is 6.02. The highest BCUT2D eigenvalue weighted by Crippen LogP contribution is 2.28.